The monoisotopic (exact) mass is 314 g/mol. The van der Waals surface area contributed by atoms with Crippen molar-refractivity contribution in [3.63, 3.8) is 0 Å². The molecule has 2 rings (SSSR count). The Balaban J connectivity index is 0.000000220. The van der Waals surface area contributed by atoms with Crippen molar-refractivity contribution in [1.29, 1.82) is 0 Å². The second-order valence-corrected chi connectivity index (χ2v) is 4.33. The number of rotatable bonds is 2. The summed E-state index contributed by atoms with van der Waals surface area (Å²) in [6, 6.07) is 0. The lowest BCUT2D eigenvalue weighted by Crippen LogP contribution is -2.30. The molecule has 0 aromatic heterocycles. The normalized spacial score (nSPS) is 17.4. The van der Waals surface area contributed by atoms with E-state index in [-0.39, 0.29) is 25.7 Å². The minimum Gasteiger partial charge on any atom is -0.331 e. The molecule has 2 aliphatic heterocycles. The van der Waals surface area contributed by atoms with E-state index in [4.69, 9.17) is 0 Å². The first-order valence-corrected chi connectivity index (χ1v) is 6.31. The molecule has 10 heteroatoms. The van der Waals surface area contributed by atoms with Crippen molar-refractivity contribution in [2.45, 2.75) is 39.5 Å². The number of imide groups is 2. The zero-order valence-corrected chi connectivity index (χ0v) is 12.0. The highest BCUT2D eigenvalue weighted by atomic mass is 16.7. The molecular weight excluding hydrogens is 300 g/mol. The van der Waals surface area contributed by atoms with Gasteiger partial charge in [0.1, 0.15) is 0 Å². The Bertz CT molecular complexity index is 461. The van der Waals surface area contributed by atoms with Gasteiger partial charge in [0, 0.05) is 39.5 Å². The third kappa shape index (κ3) is 4.65. The summed E-state index contributed by atoms with van der Waals surface area (Å²) in [6.07, 6.45) is 0.524. The quantitative estimate of drug-likeness (QED) is 0.608. The van der Waals surface area contributed by atoms with Crippen molar-refractivity contribution in [3.05, 3.63) is 0 Å². The Kier molecular flexibility index (Phi) is 5.72. The van der Waals surface area contributed by atoms with Gasteiger partial charge < -0.3 is 9.68 Å². The average molecular weight is 314 g/mol. The summed E-state index contributed by atoms with van der Waals surface area (Å²) in [4.78, 5) is 72.3. The lowest BCUT2D eigenvalue weighted by Gasteiger charge is -2.09. The van der Waals surface area contributed by atoms with Crippen molar-refractivity contribution in [2.75, 3.05) is 0 Å². The Morgan fingerprint density at radius 3 is 1.09 bits per heavy atom. The van der Waals surface area contributed by atoms with Gasteiger partial charge in [-0.25, -0.2) is 9.59 Å². The van der Waals surface area contributed by atoms with Crippen LogP contribution < -0.4 is 0 Å². The fourth-order valence-corrected chi connectivity index (χ4v) is 1.57. The van der Waals surface area contributed by atoms with Crippen molar-refractivity contribution < 1.29 is 38.4 Å². The highest BCUT2D eigenvalue weighted by Crippen LogP contribution is 2.12. The topological polar surface area (TPSA) is 127 Å². The van der Waals surface area contributed by atoms with E-state index in [0.717, 1.165) is 13.8 Å². The number of hydrogen-bond donors (Lipinski definition) is 0. The van der Waals surface area contributed by atoms with Gasteiger partial charge in [0.15, 0.2) is 0 Å². The molecule has 120 valence electrons. The summed E-state index contributed by atoms with van der Waals surface area (Å²) in [5.74, 6) is -3.13. The number of hydroxylamine groups is 4. The number of carbonyl (C=O) groups is 6. The molecule has 2 heterocycles. The fraction of sp³-hybridized carbons (Fsp3) is 0.500. The molecule has 0 saturated carbocycles. The summed E-state index contributed by atoms with van der Waals surface area (Å²) >= 11 is 0. The van der Waals surface area contributed by atoms with Gasteiger partial charge in [-0.3, -0.25) is 19.2 Å². The van der Waals surface area contributed by atoms with Gasteiger partial charge in [-0.1, -0.05) is 0 Å². The van der Waals surface area contributed by atoms with Gasteiger partial charge in [-0.2, -0.15) is 0 Å². The first kappa shape index (κ1) is 17.3. The Morgan fingerprint density at radius 1 is 0.682 bits per heavy atom. The van der Waals surface area contributed by atoms with E-state index in [0.29, 0.717) is 10.1 Å². The Hall–Kier alpha value is -2.78. The molecule has 2 aliphatic rings. The van der Waals surface area contributed by atoms with Gasteiger partial charge in [-0.05, 0) is 0 Å². The van der Waals surface area contributed by atoms with E-state index in [9.17, 15) is 28.8 Å². The molecule has 0 N–H and O–H groups in total. The van der Waals surface area contributed by atoms with E-state index >= 15 is 0 Å². The summed E-state index contributed by atoms with van der Waals surface area (Å²) in [5.41, 5.74) is 0. The molecule has 0 aromatic rings. The standard InChI is InChI=1S/2C6H7NO4/c2*1-4(8)11-7-5(9)2-3-6(7)10/h2*2-3H2,1H3. The highest BCUT2D eigenvalue weighted by molar-refractivity contribution is 6.02. The van der Waals surface area contributed by atoms with E-state index in [1.165, 1.54) is 0 Å². The van der Waals surface area contributed by atoms with Crippen LogP contribution in [0.1, 0.15) is 39.5 Å². The van der Waals surface area contributed by atoms with Crippen molar-refractivity contribution in [3.8, 4) is 0 Å². The summed E-state index contributed by atoms with van der Waals surface area (Å²) in [6.45, 7) is 2.28. The van der Waals surface area contributed by atoms with Crippen LogP contribution in [0.3, 0.4) is 0 Å². The van der Waals surface area contributed by atoms with Crippen LogP contribution in [0.4, 0.5) is 0 Å². The number of hydrogen-bond acceptors (Lipinski definition) is 8. The lowest BCUT2D eigenvalue weighted by molar-refractivity contribution is -0.195. The van der Waals surface area contributed by atoms with Gasteiger partial charge >= 0.3 is 11.9 Å². The zero-order chi connectivity index (χ0) is 16.9. The number of nitrogens with zero attached hydrogens (tertiary/aromatic N) is 2. The van der Waals surface area contributed by atoms with Crippen LogP contribution in [0, 0.1) is 0 Å². The van der Waals surface area contributed by atoms with Crippen LogP contribution in [0.5, 0.6) is 0 Å². The van der Waals surface area contributed by atoms with Gasteiger partial charge in [0.25, 0.3) is 23.6 Å². The molecule has 0 atom stereocenters. The Morgan fingerprint density at radius 2 is 0.909 bits per heavy atom. The molecule has 0 aliphatic carbocycles. The molecule has 0 spiro atoms. The first-order chi connectivity index (χ1) is 10.2. The third-order valence-electron chi connectivity index (χ3n) is 2.45. The van der Waals surface area contributed by atoms with Gasteiger partial charge in [0.2, 0.25) is 0 Å². The molecule has 2 fully saturated rings. The minimum atomic E-state index is -0.659. The summed E-state index contributed by atoms with van der Waals surface area (Å²) in [7, 11) is 0. The zero-order valence-electron chi connectivity index (χ0n) is 12.0. The van der Waals surface area contributed by atoms with E-state index in [1.54, 1.807) is 0 Å². The lowest BCUT2D eigenvalue weighted by atomic mass is 10.4. The minimum absolute atomic E-state index is 0.131. The Labute approximate surface area is 124 Å². The van der Waals surface area contributed by atoms with Crippen molar-refractivity contribution in [1.82, 2.24) is 10.1 Å². The van der Waals surface area contributed by atoms with Gasteiger partial charge in [-0.15, -0.1) is 10.1 Å². The smallest absolute Gasteiger partial charge is 0.330 e. The molecule has 0 aromatic carbocycles. The number of amides is 4. The second kappa shape index (κ2) is 7.29. The number of carbonyl (C=O) groups excluding carboxylic acids is 6. The van der Waals surface area contributed by atoms with Crippen LogP contribution in [-0.4, -0.2) is 45.7 Å². The maximum absolute atomic E-state index is 10.7. The molecule has 4 amide bonds. The molecular formula is C12H14N2O8. The maximum Gasteiger partial charge on any atom is 0.330 e. The van der Waals surface area contributed by atoms with Crippen LogP contribution in [0.2, 0.25) is 0 Å². The van der Waals surface area contributed by atoms with Crippen LogP contribution in [0.15, 0.2) is 0 Å². The second-order valence-electron chi connectivity index (χ2n) is 4.33. The van der Waals surface area contributed by atoms with E-state index in [2.05, 4.69) is 9.68 Å². The molecule has 2 saturated heterocycles. The van der Waals surface area contributed by atoms with Crippen LogP contribution in [0.25, 0.3) is 0 Å². The SMILES string of the molecule is CC(=O)ON1C(=O)CCC1=O.CC(=O)ON1C(=O)CCC1=O. The first-order valence-electron chi connectivity index (χ1n) is 6.31. The van der Waals surface area contributed by atoms with Crippen LogP contribution >= 0.6 is 0 Å². The summed E-state index contributed by atoms with van der Waals surface area (Å²) < 4.78 is 0. The molecule has 0 radical (unpaired) electrons. The highest BCUT2D eigenvalue weighted by Gasteiger charge is 2.32. The van der Waals surface area contributed by atoms with E-state index in [1.807, 2.05) is 0 Å². The van der Waals surface area contributed by atoms with Crippen molar-refractivity contribution in [2.24, 2.45) is 0 Å². The van der Waals surface area contributed by atoms with Gasteiger partial charge in [0.05, 0.1) is 0 Å². The third-order valence-corrected chi connectivity index (χ3v) is 2.45. The molecule has 0 bridgehead atoms. The maximum atomic E-state index is 10.7. The largest absolute Gasteiger partial charge is 0.331 e. The molecule has 10 nitrogen and oxygen atoms in total. The van der Waals surface area contributed by atoms with Crippen molar-refractivity contribution >= 4 is 35.6 Å². The predicted molar refractivity (Wildman–Crippen MR) is 65.7 cm³/mol. The predicted octanol–water partition coefficient (Wildman–Crippen LogP) is -0.773. The average Bonchev–Trinajstić information content (AvgIpc) is 2.89. The summed E-state index contributed by atoms with van der Waals surface area (Å²) in [5, 5.41) is 1.03. The van der Waals surface area contributed by atoms with E-state index < -0.39 is 35.6 Å². The molecule has 22 heavy (non-hydrogen) atoms. The molecule has 0 unspecified atom stereocenters. The van der Waals surface area contributed by atoms with Crippen LogP contribution in [-0.2, 0) is 38.4 Å². The fourth-order valence-electron chi connectivity index (χ4n) is 1.57.